The summed E-state index contributed by atoms with van der Waals surface area (Å²) in [6, 6.07) is 16.0. The van der Waals surface area contributed by atoms with E-state index in [4.69, 9.17) is 0 Å². The van der Waals surface area contributed by atoms with Gasteiger partial charge in [0.15, 0.2) is 0 Å². The highest BCUT2D eigenvalue weighted by molar-refractivity contribution is 5.84. The fourth-order valence-corrected chi connectivity index (χ4v) is 2.58. The number of benzene rings is 2. The smallest absolute Gasteiger partial charge is 0.122 e. The van der Waals surface area contributed by atoms with Gasteiger partial charge in [-0.25, -0.2) is 0 Å². The van der Waals surface area contributed by atoms with E-state index in [0.29, 0.717) is 0 Å². The van der Waals surface area contributed by atoms with Crippen LogP contribution >= 0.6 is 0 Å². The van der Waals surface area contributed by atoms with Crippen LogP contribution in [-0.4, -0.2) is 10.1 Å². The first kappa shape index (κ1) is 12.8. The molecule has 0 aliphatic rings. The molecule has 0 saturated carbocycles. The van der Waals surface area contributed by atoms with Crippen LogP contribution in [-0.2, 0) is 0 Å². The number of hydrogen-bond donors (Lipinski definition) is 1. The predicted octanol–water partition coefficient (Wildman–Crippen LogP) is 3.93. The molecule has 0 aliphatic heterocycles. The van der Waals surface area contributed by atoms with Crippen LogP contribution in [0.1, 0.15) is 28.5 Å². The molecule has 0 bridgehead atoms. The van der Waals surface area contributed by atoms with Crippen LogP contribution < -0.4 is 0 Å². The average molecular weight is 263 g/mol. The van der Waals surface area contributed by atoms with E-state index in [1.165, 1.54) is 5.56 Å². The van der Waals surface area contributed by atoms with E-state index < -0.39 is 6.10 Å². The molecule has 3 aromatic rings. The molecule has 2 heteroatoms. The normalized spacial score (nSPS) is 12.6. The van der Waals surface area contributed by atoms with E-state index in [1.54, 1.807) is 6.20 Å². The Morgan fingerprint density at radius 1 is 0.950 bits per heavy atom. The van der Waals surface area contributed by atoms with Crippen molar-refractivity contribution in [1.29, 1.82) is 0 Å². The quantitative estimate of drug-likeness (QED) is 0.760. The Morgan fingerprint density at radius 3 is 2.60 bits per heavy atom. The Morgan fingerprint density at radius 2 is 1.75 bits per heavy atom. The van der Waals surface area contributed by atoms with Crippen LogP contribution in [0.2, 0.25) is 0 Å². The van der Waals surface area contributed by atoms with Crippen molar-refractivity contribution in [2.24, 2.45) is 0 Å². The van der Waals surface area contributed by atoms with E-state index in [2.05, 4.69) is 18.0 Å². The largest absolute Gasteiger partial charge is 0.382 e. The van der Waals surface area contributed by atoms with Gasteiger partial charge < -0.3 is 5.11 Å². The highest BCUT2D eigenvalue weighted by Crippen LogP contribution is 2.29. The number of aromatic nitrogens is 1. The van der Waals surface area contributed by atoms with Crippen molar-refractivity contribution in [2.45, 2.75) is 20.0 Å². The van der Waals surface area contributed by atoms with Gasteiger partial charge in [0.2, 0.25) is 0 Å². The van der Waals surface area contributed by atoms with Gasteiger partial charge in [-0.3, -0.25) is 4.98 Å². The molecule has 0 radical (unpaired) electrons. The van der Waals surface area contributed by atoms with Crippen LogP contribution in [0.5, 0.6) is 0 Å². The number of aliphatic hydroxyl groups is 1. The molecule has 0 saturated heterocycles. The summed E-state index contributed by atoms with van der Waals surface area (Å²) in [5.41, 5.74) is 3.95. The van der Waals surface area contributed by atoms with Crippen molar-refractivity contribution in [2.75, 3.05) is 0 Å². The molecular weight excluding hydrogens is 246 g/mol. The second kappa shape index (κ2) is 5.06. The van der Waals surface area contributed by atoms with E-state index in [-0.39, 0.29) is 0 Å². The van der Waals surface area contributed by atoms with E-state index in [0.717, 1.165) is 27.6 Å². The molecule has 1 atom stereocenters. The van der Waals surface area contributed by atoms with Crippen LogP contribution in [0.3, 0.4) is 0 Å². The highest BCUT2D eigenvalue weighted by atomic mass is 16.3. The molecule has 1 unspecified atom stereocenters. The summed E-state index contributed by atoms with van der Waals surface area (Å²) in [6.07, 6.45) is 1.06. The Kier molecular flexibility index (Phi) is 3.25. The zero-order valence-corrected chi connectivity index (χ0v) is 11.7. The van der Waals surface area contributed by atoms with E-state index >= 15 is 0 Å². The van der Waals surface area contributed by atoms with Gasteiger partial charge >= 0.3 is 0 Å². The molecule has 1 aromatic heterocycles. The topological polar surface area (TPSA) is 33.1 Å². The molecule has 0 spiro atoms. The first-order valence-electron chi connectivity index (χ1n) is 6.76. The molecule has 0 aliphatic carbocycles. The molecule has 100 valence electrons. The number of nitrogens with zero attached hydrogens (tertiary/aromatic N) is 1. The Balaban J connectivity index is 2.18. The SMILES string of the molecule is Cc1cccc(C(O)c2nccc3ccccc23)c1C. The Labute approximate surface area is 118 Å². The zero-order chi connectivity index (χ0) is 14.1. The van der Waals surface area contributed by atoms with Gasteiger partial charge in [-0.15, -0.1) is 0 Å². The summed E-state index contributed by atoms with van der Waals surface area (Å²) in [7, 11) is 0. The molecule has 1 N–H and O–H groups in total. The van der Waals surface area contributed by atoms with Crippen molar-refractivity contribution in [3.05, 3.63) is 77.1 Å². The highest BCUT2D eigenvalue weighted by Gasteiger charge is 2.17. The molecule has 1 heterocycles. The molecule has 2 aromatic carbocycles. The lowest BCUT2D eigenvalue weighted by Crippen LogP contribution is -2.05. The predicted molar refractivity (Wildman–Crippen MR) is 81.7 cm³/mol. The first-order valence-corrected chi connectivity index (χ1v) is 6.76. The average Bonchev–Trinajstić information content (AvgIpc) is 2.49. The number of rotatable bonds is 2. The second-order valence-corrected chi connectivity index (χ2v) is 5.11. The van der Waals surface area contributed by atoms with Crippen LogP contribution in [0, 0.1) is 13.8 Å². The maximum Gasteiger partial charge on any atom is 0.122 e. The minimum Gasteiger partial charge on any atom is -0.382 e. The summed E-state index contributed by atoms with van der Waals surface area (Å²) in [4.78, 5) is 4.40. The Bertz CT molecular complexity index is 759. The van der Waals surface area contributed by atoms with Gasteiger partial charge in [-0.05, 0) is 42.0 Å². The third-order valence-corrected chi connectivity index (χ3v) is 3.90. The van der Waals surface area contributed by atoms with Crippen molar-refractivity contribution in [3.63, 3.8) is 0 Å². The van der Waals surface area contributed by atoms with Gasteiger partial charge in [-0.2, -0.15) is 0 Å². The second-order valence-electron chi connectivity index (χ2n) is 5.11. The van der Waals surface area contributed by atoms with Crippen molar-refractivity contribution in [1.82, 2.24) is 4.98 Å². The number of aryl methyl sites for hydroxylation is 1. The number of hydrogen-bond acceptors (Lipinski definition) is 2. The first-order chi connectivity index (χ1) is 9.68. The molecule has 0 fully saturated rings. The van der Waals surface area contributed by atoms with Gasteiger partial charge in [0.1, 0.15) is 6.10 Å². The lowest BCUT2D eigenvalue weighted by atomic mass is 9.95. The van der Waals surface area contributed by atoms with Crippen molar-refractivity contribution < 1.29 is 5.11 Å². The molecular formula is C18H17NO. The third-order valence-electron chi connectivity index (χ3n) is 3.90. The molecule has 3 rings (SSSR count). The summed E-state index contributed by atoms with van der Waals surface area (Å²) >= 11 is 0. The zero-order valence-electron chi connectivity index (χ0n) is 11.7. The van der Waals surface area contributed by atoms with Gasteiger partial charge in [0.05, 0.1) is 5.69 Å². The van der Waals surface area contributed by atoms with E-state index in [9.17, 15) is 5.11 Å². The van der Waals surface area contributed by atoms with E-state index in [1.807, 2.05) is 49.4 Å². The monoisotopic (exact) mass is 263 g/mol. The summed E-state index contributed by atoms with van der Waals surface area (Å²) < 4.78 is 0. The van der Waals surface area contributed by atoms with Crippen molar-refractivity contribution in [3.8, 4) is 0 Å². The molecule has 20 heavy (non-hydrogen) atoms. The summed E-state index contributed by atoms with van der Waals surface area (Å²) in [5, 5.41) is 12.8. The summed E-state index contributed by atoms with van der Waals surface area (Å²) in [5.74, 6) is 0. The minimum absolute atomic E-state index is 0.694. The minimum atomic E-state index is -0.694. The van der Waals surface area contributed by atoms with Gasteiger partial charge in [0.25, 0.3) is 0 Å². The fraction of sp³-hybridized carbons (Fsp3) is 0.167. The van der Waals surface area contributed by atoms with Gasteiger partial charge in [0, 0.05) is 11.6 Å². The standard InChI is InChI=1S/C18H17NO/c1-12-6-5-9-15(13(12)2)18(20)17-16-8-4-3-7-14(16)10-11-19-17/h3-11,18,20H,1-2H3. The molecule has 0 amide bonds. The Hall–Kier alpha value is -2.19. The number of aliphatic hydroxyl groups excluding tert-OH is 1. The lowest BCUT2D eigenvalue weighted by molar-refractivity contribution is 0.216. The third kappa shape index (κ3) is 2.08. The maximum absolute atomic E-state index is 10.7. The van der Waals surface area contributed by atoms with Crippen LogP contribution in [0.25, 0.3) is 10.8 Å². The fourth-order valence-electron chi connectivity index (χ4n) is 2.58. The maximum atomic E-state index is 10.7. The van der Waals surface area contributed by atoms with Crippen molar-refractivity contribution >= 4 is 10.8 Å². The summed E-state index contributed by atoms with van der Waals surface area (Å²) in [6.45, 7) is 4.10. The van der Waals surface area contributed by atoms with Crippen LogP contribution in [0.15, 0.2) is 54.7 Å². The number of pyridine rings is 1. The van der Waals surface area contributed by atoms with Gasteiger partial charge in [-0.1, -0.05) is 42.5 Å². The number of fused-ring (bicyclic) bond motifs is 1. The lowest BCUT2D eigenvalue weighted by Gasteiger charge is -2.16. The molecule has 2 nitrogen and oxygen atoms in total. The van der Waals surface area contributed by atoms with Crippen LogP contribution in [0.4, 0.5) is 0 Å².